The van der Waals surface area contributed by atoms with Gasteiger partial charge in [-0.1, -0.05) is 29.8 Å². The fourth-order valence-corrected chi connectivity index (χ4v) is 2.61. The number of nitrogens with one attached hydrogen (secondary N) is 1. The quantitative estimate of drug-likeness (QED) is 0.670. The Morgan fingerprint density at radius 2 is 1.85 bits per heavy atom. The van der Waals surface area contributed by atoms with E-state index in [1.54, 1.807) is 10.8 Å². The summed E-state index contributed by atoms with van der Waals surface area (Å²) >= 11 is 0. The van der Waals surface area contributed by atoms with E-state index in [1.165, 1.54) is 25.1 Å². The van der Waals surface area contributed by atoms with Crippen molar-refractivity contribution in [3.8, 4) is 16.9 Å². The summed E-state index contributed by atoms with van der Waals surface area (Å²) in [5.41, 5.74) is 9.68. The molecule has 0 fully saturated rings. The van der Waals surface area contributed by atoms with Crippen molar-refractivity contribution in [3.63, 3.8) is 0 Å². The van der Waals surface area contributed by atoms with Gasteiger partial charge in [0.15, 0.2) is 0 Å². The highest BCUT2D eigenvalue weighted by Gasteiger charge is 2.15. The molecule has 0 aliphatic carbocycles. The summed E-state index contributed by atoms with van der Waals surface area (Å²) in [5, 5.41) is 11.9. The van der Waals surface area contributed by atoms with Crippen LogP contribution in [0.3, 0.4) is 0 Å². The van der Waals surface area contributed by atoms with Gasteiger partial charge in [0, 0.05) is 18.7 Å². The molecule has 0 bridgehead atoms. The standard InChI is InChI=1S/C19H18N4O3/c1-11-3-5-13(6-4-11)16-10-23(19(20)22-16)17-9-14(18(25)26)7-8-15(17)21-12(2)24/h3-10H,1-2H3,(H2,20,22)(H,21,24)(H,25,26). The first-order valence-electron chi connectivity index (χ1n) is 7.92. The maximum atomic E-state index is 11.5. The number of hydrogen-bond acceptors (Lipinski definition) is 4. The summed E-state index contributed by atoms with van der Waals surface area (Å²) < 4.78 is 1.56. The Hall–Kier alpha value is -3.61. The van der Waals surface area contributed by atoms with E-state index in [-0.39, 0.29) is 17.4 Å². The van der Waals surface area contributed by atoms with Crippen molar-refractivity contribution in [1.82, 2.24) is 9.55 Å². The van der Waals surface area contributed by atoms with Gasteiger partial charge < -0.3 is 16.2 Å². The van der Waals surface area contributed by atoms with Crippen LogP contribution in [-0.2, 0) is 4.79 Å². The minimum Gasteiger partial charge on any atom is -0.478 e. The maximum absolute atomic E-state index is 11.5. The molecule has 0 unspecified atom stereocenters. The lowest BCUT2D eigenvalue weighted by Gasteiger charge is -2.12. The van der Waals surface area contributed by atoms with E-state index in [9.17, 15) is 14.7 Å². The molecule has 0 aliphatic heterocycles. The Morgan fingerprint density at radius 1 is 1.15 bits per heavy atom. The highest BCUT2D eigenvalue weighted by atomic mass is 16.4. The fraction of sp³-hybridized carbons (Fsp3) is 0.105. The molecule has 0 saturated heterocycles. The number of anilines is 2. The van der Waals surface area contributed by atoms with Crippen LogP contribution in [0.5, 0.6) is 0 Å². The number of nitrogens with zero attached hydrogens (tertiary/aromatic N) is 2. The Labute approximate surface area is 150 Å². The van der Waals surface area contributed by atoms with Crippen molar-refractivity contribution in [2.45, 2.75) is 13.8 Å². The summed E-state index contributed by atoms with van der Waals surface area (Å²) in [4.78, 5) is 27.2. The third-order valence-corrected chi connectivity index (χ3v) is 3.90. The summed E-state index contributed by atoms with van der Waals surface area (Å²) in [5.74, 6) is -1.15. The molecule has 132 valence electrons. The lowest BCUT2D eigenvalue weighted by atomic mass is 10.1. The van der Waals surface area contributed by atoms with Gasteiger partial charge in [-0.3, -0.25) is 9.36 Å². The molecule has 0 aliphatic rings. The number of aromatic carboxylic acids is 1. The molecule has 1 heterocycles. The third kappa shape index (κ3) is 3.41. The molecule has 2 aromatic carbocycles. The summed E-state index contributed by atoms with van der Waals surface area (Å²) in [6.07, 6.45) is 1.71. The van der Waals surface area contributed by atoms with Crippen molar-refractivity contribution in [3.05, 3.63) is 59.8 Å². The lowest BCUT2D eigenvalue weighted by molar-refractivity contribution is -0.114. The number of hydrogen-bond donors (Lipinski definition) is 3. The maximum Gasteiger partial charge on any atom is 0.335 e. The largest absolute Gasteiger partial charge is 0.478 e. The van der Waals surface area contributed by atoms with Crippen LogP contribution in [0.4, 0.5) is 11.6 Å². The molecule has 3 rings (SSSR count). The first-order valence-corrected chi connectivity index (χ1v) is 7.92. The molecule has 0 atom stereocenters. The molecular weight excluding hydrogens is 332 g/mol. The SMILES string of the molecule is CC(=O)Nc1ccc(C(=O)O)cc1-n1cc(-c2ccc(C)cc2)nc1N. The Balaban J connectivity index is 2.13. The van der Waals surface area contributed by atoms with Gasteiger partial charge >= 0.3 is 5.97 Å². The number of aryl methyl sites for hydroxylation is 1. The molecule has 1 aromatic heterocycles. The zero-order valence-electron chi connectivity index (χ0n) is 14.4. The second-order valence-corrected chi connectivity index (χ2v) is 5.94. The number of aromatic nitrogens is 2. The number of carboxylic acid groups (broad SMARTS) is 1. The van der Waals surface area contributed by atoms with Crippen LogP contribution in [0.1, 0.15) is 22.8 Å². The number of nitrogens with two attached hydrogens (primary N) is 1. The molecule has 7 nitrogen and oxygen atoms in total. The Morgan fingerprint density at radius 3 is 2.46 bits per heavy atom. The van der Waals surface area contributed by atoms with E-state index in [0.29, 0.717) is 17.1 Å². The topological polar surface area (TPSA) is 110 Å². The molecule has 1 amide bonds. The van der Waals surface area contributed by atoms with Crippen LogP contribution in [0.15, 0.2) is 48.7 Å². The van der Waals surface area contributed by atoms with E-state index in [1.807, 2.05) is 31.2 Å². The van der Waals surface area contributed by atoms with Gasteiger partial charge in [0.1, 0.15) is 0 Å². The predicted molar refractivity (Wildman–Crippen MR) is 99.4 cm³/mol. The minimum atomic E-state index is -1.07. The molecule has 0 saturated carbocycles. The number of rotatable bonds is 4. The summed E-state index contributed by atoms with van der Waals surface area (Å²) in [7, 11) is 0. The Bertz CT molecular complexity index is 991. The number of amides is 1. The van der Waals surface area contributed by atoms with Gasteiger partial charge in [0.2, 0.25) is 11.9 Å². The molecule has 0 spiro atoms. The number of benzene rings is 2. The van der Waals surface area contributed by atoms with Crippen LogP contribution < -0.4 is 11.1 Å². The molecule has 3 aromatic rings. The van der Waals surface area contributed by atoms with E-state index in [0.717, 1.165) is 11.1 Å². The Kier molecular flexibility index (Phi) is 4.45. The van der Waals surface area contributed by atoms with E-state index >= 15 is 0 Å². The number of carbonyl (C=O) groups is 2. The predicted octanol–water partition coefficient (Wildman–Crippen LogP) is 3.09. The third-order valence-electron chi connectivity index (χ3n) is 3.90. The minimum absolute atomic E-state index is 0.0825. The molecule has 4 N–H and O–H groups in total. The number of carbonyl (C=O) groups excluding carboxylic acids is 1. The average molecular weight is 350 g/mol. The molecule has 26 heavy (non-hydrogen) atoms. The summed E-state index contributed by atoms with van der Waals surface area (Å²) in [6.45, 7) is 3.37. The van der Waals surface area contributed by atoms with Gasteiger partial charge in [-0.15, -0.1) is 0 Å². The molecular formula is C19H18N4O3. The van der Waals surface area contributed by atoms with Crippen molar-refractivity contribution in [2.24, 2.45) is 0 Å². The van der Waals surface area contributed by atoms with Crippen molar-refractivity contribution < 1.29 is 14.7 Å². The van der Waals surface area contributed by atoms with Crippen molar-refractivity contribution >= 4 is 23.5 Å². The monoisotopic (exact) mass is 350 g/mol. The van der Waals surface area contributed by atoms with E-state index < -0.39 is 5.97 Å². The van der Waals surface area contributed by atoms with Crippen LogP contribution in [0.25, 0.3) is 16.9 Å². The highest BCUT2D eigenvalue weighted by molar-refractivity contribution is 5.94. The number of imidazole rings is 1. The first kappa shape index (κ1) is 17.2. The smallest absolute Gasteiger partial charge is 0.335 e. The highest BCUT2D eigenvalue weighted by Crippen LogP contribution is 2.28. The number of carboxylic acids is 1. The average Bonchev–Trinajstić information content (AvgIpc) is 2.97. The van der Waals surface area contributed by atoms with Crippen LogP contribution in [0, 0.1) is 6.92 Å². The van der Waals surface area contributed by atoms with Crippen LogP contribution in [0.2, 0.25) is 0 Å². The van der Waals surface area contributed by atoms with Gasteiger partial charge in [-0.25, -0.2) is 9.78 Å². The van der Waals surface area contributed by atoms with Crippen LogP contribution in [-0.4, -0.2) is 26.5 Å². The second-order valence-electron chi connectivity index (χ2n) is 5.94. The van der Waals surface area contributed by atoms with Gasteiger partial charge in [-0.2, -0.15) is 0 Å². The van der Waals surface area contributed by atoms with Gasteiger partial charge in [-0.05, 0) is 25.1 Å². The first-order chi connectivity index (χ1) is 12.3. The van der Waals surface area contributed by atoms with E-state index in [2.05, 4.69) is 10.3 Å². The fourth-order valence-electron chi connectivity index (χ4n) is 2.61. The van der Waals surface area contributed by atoms with Gasteiger partial charge in [0.05, 0.1) is 22.6 Å². The van der Waals surface area contributed by atoms with Crippen molar-refractivity contribution in [1.29, 1.82) is 0 Å². The normalized spacial score (nSPS) is 10.5. The van der Waals surface area contributed by atoms with Crippen LogP contribution >= 0.6 is 0 Å². The second kappa shape index (κ2) is 6.72. The van der Waals surface area contributed by atoms with E-state index in [4.69, 9.17) is 5.73 Å². The zero-order chi connectivity index (χ0) is 18.8. The molecule has 7 heteroatoms. The summed E-state index contributed by atoms with van der Waals surface area (Å²) in [6, 6.07) is 12.2. The number of nitrogen functional groups attached to an aromatic ring is 1. The zero-order valence-corrected chi connectivity index (χ0v) is 14.4. The van der Waals surface area contributed by atoms with Gasteiger partial charge in [0.25, 0.3) is 0 Å². The molecule has 0 radical (unpaired) electrons. The lowest BCUT2D eigenvalue weighted by Crippen LogP contribution is -2.11. The van der Waals surface area contributed by atoms with Crippen molar-refractivity contribution in [2.75, 3.05) is 11.1 Å².